The zero-order valence-electron chi connectivity index (χ0n) is 3.98. The summed E-state index contributed by atoms with van der Waals surface area (Å²) < 4.78 is 0. The first kappa shape index (κ1) is 15.6. The van der Waals surface area contributed by atoms with Crippen molar-refractivity contribution in [1.29, 1.82) is 0 Å². The van der Waals surface area contributed by atoms with Crippen molar-refractivity contribution < 1.29 is 25.5 Å². The molecule has 0 aromatic rings. The standard InChI is InChI=1S/C3H5.NO3.Pd/c1-3-2;2-1(3)4;/h3H,1-2H2;;/q2*-1;+2. The third kappa shape index (κ3) is 393. The van der Waals surface area contributed by atoms with Crippen LogP contribution in [0.5, 0.6) is 0 Å². The molecule has 8 heavy (non-hydrogen) atoms. The molecule has 0 saturated carbocycles. The average Bonchev–Trinajstić information content (AvgIpc) is 1.33. The van der Waals surface area contributed by atoms with Crippen molar-refractivity contribution in [3.63, 3.8) is 0 Å². The van der Waals surface area contributed by atoms with Gasteiger partial charge in [0.15, 0.2) is 0 Å². The van der Waals surface area contributed by atoms with Crippen LogP contribution in [0, 0.1) is 22.2 Å². The molecule has 0 aliphatic rings. The van der Waals surface area contributed by atoms with Gasteiger partial charge in [-0.15, -0.1) is 0 Å². The van der Waals surface area contributed by atoms with Crippen molar-refractivity contribution in [3.05, 3.63) is 34.9 Å². The van der Waals surface area contributed by atoms with Gasteiger partial charge in [-0.2, -0.15) is 0 Å². The molecule has 0 radical (unpaired) electrons. The average molecular weight is 209 g/mol. The zero-order chi connectivity index (χ0) is 6.28. The maximum atomic E-state index is 8.25. The molecule has 4 nitrogen and oxygen atoms in total. The van der Waals surface area contributed by atoms with E-state index in [0.717, 1.165) is 0 Å². The molecule has 0 saturated heterocycles. The van der Waals surface area contributed by atoms with Gasteiger partial charge in [-0.25, -0.2) is 19.6 Å². The Labute approximate surface area is 61.0 Å². The Kier molecular flexibility index (Phi) is 31.4. The first-order valence-corrected chi connectivity index (χ1v) is 1.36. The fourth-order valence-corrected chi connectivity index (χ4v) is 0. The normalized spacial score (nSPS) is 4.50. The second-order valence-electron chi connectivity index (χ2n) is 0.512. The third-order valence-electron chi connectivity index (χ3n) is 0. The summed E-state index contributed by atoms with van der Waals surface area (Å²) in [6.07, 6.45) is 1.50. The fraction of sp³-hybridized carbons (Fsp3) is 0. The summed E-state index contributed by atoms with van der Waals surface area (Å²) >= 11 is 0. The van der Waals surface area contributed by atoms with Crippen LogP contribution in [0.3, 0.4) is 0 Å². The minimum absolute atomic E-state index is 0. The fourth-order valence-electron chi connectivity index (χ4n) is 0. The number of hydrogen-bond acceptors (Lipinski definition) is 3. The third-order valence-corrected chi connectivity index (χ3v) is 0. The number of nitrogens with zero attached hydrogens (tertiary/aromatic N) is 1. The molecule has 0 aromatic carbocycles. The Balaban J connectivity index is -0.0000000575. The molecule has 0 aliphatic carbocycles. The summed E-state index contributed by atoms with van der Waals surface area (Å²) in [4.78, 5) is 8.25. The van der Waals surface area contributed by atoms with Crippen LogP contribution in [-0.4, -0.2) is 5.09 Å². The van der Waals surface area contributed by atoms with Crippen molar-refractivity contribution in [2.75, 3.05) is 0 Å². The van der Waals surface area contributed by atoms with E-state index in [2.05, 4.69) is 13.5 Å². The van der Waals surface area contributed by atoms with Gasteiger partial charge >= 0.3 is 20.4 Å². The van der Waals surface area contributed by atoms with Crippen LogP contribution in [-0.2, 0) is 20.4 Å². The minimum atomic E-state index is -1.75. The smallest absolute Gasteiger partial charge is 0.356 e. The van der Waals surface area contributed by atoms with E-state index in [4.69, 9.17) is 15.3 Å². The van der Waals surface area contributed by atoms with Gasteiger partial charge in [0.1, 0.15) is 0 Å². The van der Waals surface area contributed by atoms with Gasteiger partial charge in [-0.05, 0) is 0 Å². The van der Waals surface area contributed by atoms with Crippen LogP contribution in [0.1, 0.15) is 0 Å². The van der Waals surface area contributed by atoms with Crippen molar-refractivity contribution in [2.24, 2.45) is 0 Å². The van der Waals surface area contributed by atoms with Gasteiger partial charge in [-0.1, -0.05) is 0 Å². The maximum Gasteiger partial charge on any atom is 2.00 e. The van der Waals surface area contributed by atoms with Crippen LogP contribution in [0.2, 0.25) is 0 Å². The summed E-state index contributed by atoms with van der Waals surface area (Å²) in [6, 6.07) is 0. The quantitative estimate of drug-likeness (QED) is 0.256. The predicted octanol–water partition coefficient (Wildman–Crippen LogP) is 0.765. The second-order valence-corrected chi connectivity index (χ2v) is 0.512. The van der Waals surface area contributed by atoms with Crippen molar-refractivity contribution >= 4 is 0 Å². The summed E-state index contributed by atoms with van der Waals surface area (Å²) in [6.45, 7) is 6.50. The molecular formula is C3H5NO3Pd. The molecule has 0 heterocycles. The van der Waals surface area contributed by atoms with Gasteiger partial charge in [0, 0.05) is 0 Å². The summed E-state index contributed by atoms with van der Waals surface area (Å²) in [5.41, 5.74) is 0. The maximum absolute atomic E-state index is 8.25. The Hall–Kier alpha value is -0.528. The molecule has 0 aromatic heterocycles. The van der Waals surface area contributed by atoms with Gasteiger partial charge in [0.2, 0.25) is 0 Å². The monoisotopic (exact) mass is 209 g/mol. The Morgan fingerprint density at radius 3 is 1.62 bits per heavy atom. The molecule has 50 valence electrons. The molecule has 0 aliphatic heterocycles. The van der Waals surface area contributed by atoms with E-state index >= 15 is 0 Å². The molecule has 0 amide bonds. The summed E-state index contributed by atoms with van der Waals surface area (Å²) in [5.74, 6) is 0. The summed E-state index contributed by atoms with van der Waals surface area (Å²) in [5, 5.41) is 14.8. The van der Waals surface area contributed by atoms with E-state index < -0.39 is 5.09 Å². The molecule has 0 N–H and O–H groups in total. The first-order valence-electron chi connectivity index (χ1n) is 1.36. The van der Waals surface area contributed by atoms with E-state index in [-0.39, 0.29) is 20.4 Å². The number of rotatable bonds is 0. The van der Waals surface area contributed by atoms with Gasteiger partial charge < -0.3 is 15.3 Å². The van der Waals surface area contributed by atoms with Crippen LogP contribution >= 0.6 is 0 Å². The van der Waals surface area contributed by atoms with Crippen LogP contribution in [0.15, 0.2) is 12.7 Å². The largest absolute Gasteiger partial charge is 2.00 e. The minimum Gasteiger partial charge on any atom is -0.356 e. The molecule has 5 heteroatoms. The topological polar surface area (TPSA) is 66.2 Å². The Morgan fingerprint density at radius 2 is 1.62 bits per heavy atom. The van der Waals surface area contributed by atoms with Crippen LogP contribution < -0.4 is 0 Å². The van der Waals surface area contributed by atoms with Crippen molar-refractivity contribution in [3.8, 4) is 0 Å². The van der Waals surface area contributed by atoms with Crippen LogP contribution in [0.25, 0.3) is 0 Å². The molecule has 0 atom stereocenters. The Bertz CT molecular complexity index is 61.5. The first-order chi connectivity index (χ1) is 3.15. The zero-order valence-corrected chi connectivity index (χ0v) is 5.53. The number of allylic oxidation sites excluding steroid dienone is 1. The molecular weight excluding hydrogens is 204 g/mol. The molecule has 0 rings (SSSR count). The van der Waals surface area contributed by atoms with Gasteiger partial charge in [0.25, 0.3) is 0 Å². The van der Waals surface area contributed by atoms with E-state index in [0.29, 0.717) is 0 Å². The molecule has 0 bridgehead atoms. The van der Waals surface area contributed by atoms with Gasteiger partial charge in [0.05, 0.1) is 5.09 Å². The van der Waals surface area contributed by atoms with Crippen LogP contribution in [0.4, 0.5) is 0 Å². The van der Waals surface area contributed by atoms with Gasteiger partial charge in [-0.3, -0.25) is 0 Å². The molecule has 0 unspecified atom stereocenters. The summed E-state index contributed by atoms with van der Waals surface area (Å²) in [7, 11) is 0. The number of hydrogen-bond donors (Lipinski definition) is 0. The van der Waals surface area contributed by atoms with E-state index in [1.165, 1.54) is 6.08 Å². The predicted molar refractivity (Wildman–Crippen MR) is 25.9 cm³/mol. The SMILES string of the molecule is C=C[CH2-].O=[N+]([O-])[O-].[Pd+2]. The van der Waals surface area contributed by atoms with Crippen molar-refractivity contribution in [2.45, 2.75) is 0 Å². The van der Waals surface area contributed by atoms with E-state index in [1.54, 1.807) is 0 Å². The van der Waals surface area contributed by atoms with E-state index in [9.17, 15) is 0 Å². The van der Waals surface area contributed by atoms with E-state index in [1.807, 2.05) is 0 Å². The molecule has 0 fully saturated rings. The Morgan fingerprint density at radius 1 is 1.62 bits per heavy atom. The molecule has 0 spiro atoms. The van der Waals surface area contributed by atoms with Crippen molar-refractivity contribution in [1.82, 2.24) is 0 Å². The second kappa shape index (κ2) is 16.1.